The van der Waals surface area contributed by atoms with Crippen molar-refractivity contribution in [1.29, 1.82) is 0 Å². The van der Waals surface area contributed by atoms with Gasteiger partial charge in [-0.3, -0.25) is 9.10 Å². The highest BCUT2D eigenvalue weighted by Gasteiger charge is 2.24. The predicted octanol–water partition coefficient (Wildman–Crippen LogP) is 3.02. The molecule has 0 atom stereocenters. The lowest BCUT2D eigenvalue weighted by molar-refractivity contribution is -0.114. The van der Waals surface area contributed by atoms with Gasteiger partial charge in [-0.15, -0.1) is 0 Å². The van der Waals surface area contributed by atoms with E-state index in [4.69, 9.17) is 14.2 Å². The molecule has 2 aromatic carbocycles. The zero-order valence-electron chi connectivity index (χ0n) is 19.0. The molecule has 0 aliphatic carbocycles. The molecule has 0 unspecified atom stereocenters. The maximum absolute atomic E-state index is 12.8. The van der Waals surface area contributed by atoms with Gasteiger partial charge in [-0.2, -0.15) is 0 Å². The van der Waals surface area contributed by atoms with E-state index in [2.05, 4.69) is 5.32 Å². The van der Waals surface area contributed by atoms with Crippen molar-refractivity contribution >= 4 is 33.3 Å². The van der Waals surface area contributed by atoms with Crippen LogP contribution in [-0.4, -0.2) is 54.4 Å². The highest BCUT2D eigenvalue weighted by atomic mass is 32.2. The van der Waals surface area contributed by atoms with Gasteiger partial charge >= 0.3 is 5.97 Å². The number of nitrogens with zero attached hydrogens (tertiary/aromatic N) is 1. The van der Waals surface area contributed by atoms with Gasteiger partial charge in [0.2, 0.25) is 15.9 Å². The molecule has 10 heteroatoms. The Hall–Kier alpha value is -3.27. The van der Waals surface area contributed by atoms with E-state index in [0.29, 0.717) is 5.69 Å². The summed E-state index contributed by atoms with van der Waals surface area (Å²) in [6, 6.07) is 9.73. The van der Waals surface area contributed by atoms with E-state index in [1.54, 1.807) is 12.1 Å². The zero-order chi connectivity index (χ0) is 24.1. The Kier molecular flexibility index (Phi) is 8.09. The lowest BCUT2D eigenvalue weighted by atomic mass is 10.0. The summed E-state index contributed by atoms with van der Waals surface area (Å²) in [4.78, 5) is 25.0. The van der Waals surface area contributed by atoms with Gasteiger partial charge in [0.25, 0.3) is 0 Å². The molecule has 2 aromatic rings. The van der Waals surface area contributed by atoms with E-state index in [-0.39, 0.29) is 28.7 Å². The van der Waals surface area contributed by atoms with Crippen molar-refractivity contribution in [2.24, 2.45) is 0 Å². The summed E-state index contributed by atoms with van der Waals surface area (Å²) < 4.78 is 40.9. The molecule has 0 aliphatic rings. The summed E-state index contributed by atoms with van der Waals surface area (Å²) in [7, 11) is 0.267. The number of rotatable bonds is 9. The minimum atomic E-state index is -3.76. The normalized spacial score (nSPS) is 11.1. The monoisotopic (exact) mass is 464 g/mol. The van der Waals surface area contributed by atoms with E-state index in [1.807, 2.05) is 26.0 Å². The molecule has 32 heavy (non-hydrogen) atoms. The Morgan fingerprint density at radius 1 is 1.00 bits per heavy atom. The summed E-state index contributed by atoms with van der Waals surface area (Å²) in [5, 5.41) is 2.57. The molecule has 0 aromatic heterocycles. The Balaban J connectivity index is 2.36. The predicted molar refractivity (Wildman–Crippen MR) is 122 cm³/mol. The van der Waals surface area contributed by atoms with Crippen molar-refractivity contribution in [3.63, 3.8) is 0 Å². The van der Waals surface area contributed by atoms with Crippen LogP contribution in [0.3, 0.4) is 0 Å². The second kappa shape index (κ2) is 10.4. The van der Waals surface area contributed by atoms with Gasteiger partial charge in [-0.05, 0) is 23.6 Å². The fourth-order valence-corrected chi connectivity index (χ4v) is 3.86. The Morgan fingerprint density at radius 3 is 2.03 bits per heavy atom. The minimum Gasteiger partial charge on any atom is -0.493 e. The quantitative estimate of drug-likeness (QED) is 0.568. The maximum Gasteiger partial charge on any atom is 0.340 e. The smallest absolute Gasteiger partial charge is 0.340 e. The number of ether oxygens (including phenoxy) is 3. The molecule has 9 nitrogen and oxygen atoms in total. The van der Waals surface area contributed by atoms with Crippen molar-refractivity contribution in [2.45, 2.75) is 19.8 Å². The fourth-order valence-electron chi connectivity index (χ4n) is 3.01. The Labute approximate surface area is 188 Å². The number of esters is 1. The first-order chi connectivity index (χ1) is 15.0. The van der Waals surface area contributed by atoms with E-state index >= 15 is 0 Å². The van der Waals surface area contributed by atoms with Crippen LogP contribution in [0.25, 0.3) is 0 Å². The molecule has 0 saturated heterocycles. The summed E-state index contributed by atoms with van der Waals surface area (Å²) in [6.07, 6.45) is 1.02. The SMILES string of the molecule is COC(=O)c1cc(OC)c(OC)cc1NC(=O)CN(c1ccc(C(C)C)cc1)S(C)(=O)=O. The molecule has 0 heterocycles. The molecule has 0 saturated carbocycles. The standard InChI is InChI=1S/C22H28N2O7S/c1-14(2)15-7-9-16(10-8-15)24(32(6,27)28)13-21(25)23-18-12-20(30-4)19(29-3)11-17(18)22(26)31-5/h7-12,14H,13H2,1-6H3,(H,23,25). The lowest BCUT2D eigenvalue weighted by Gasteiger charge is -2.23. The van der Waals surface area contributed by atoms with Gasteiger partial charge in [0.15, 0.2) is 11.5 Å². The average molecular weight is 465 g/mol. The Morgan fingerprint density at radius 2 is 1.56 bits per heavy atom. The molecule has 0 spiro atoms. The van der Waals surface area contributed by atoms with Gasteiger partial charge in [0, 0.05) is 12.1 Å². The number of nitrogens with one attached hydrogen (secondary N) is 1. The van der Waals surface area contributed by atoms with Crippen LogP contribution in [0.5, 0.6) is 11.5 Å². The summed E-state index contributed by atoms with van der Waals surface area (Å²) in [5.74, 6) is -0.527. The largest absolute Gasteiger partial charge is 0.493 e. The van der Waals surface area contributed by atoms with Gasteiger partial charge in [-0.1, -0.05) is 26.0 Å². The highest BCUT2D eigenvalue weighted by Crippen LogP contribution is 2.34. The molecule has 2 rings (SSSR count). The van der Waals surface area contributed by atoms with E-state index < -0.39 is 28.4 Å². The second-order valence-corrected chi connectivity index (χ2v) is 9.22. The molecule has 0 radical (unpaired) electrons. The van der Waals surface area contributed by atoms with Crippen LogP contribution in [-0.2, 0) is 19.6 Å². The third-order valence-corrected chi connectivity index (χ3v) is 5.88. The van der Waals surface area contributed by atoms with Crippen LogP contribution in [0.2, 0.25) is 0 Å². The average Bonchev–Trinajstić information content (AvgIpc) is 2.75. The summed E-state index contributed by atoms with van der Waals surface area (Å²) >= 11 is 0. The number of carbonyl (C=O) groups is 2. The van der Waals surface area contributed by atoms with Crippen molar-refractivity contribution in [3.8, 4) is 11.5 Å². The number of anilines is 2. The van der Waals surface area contributed by atoms with Crippen LogP contribution in [0.4, 0.5) is 11.4 Å². The van der Waals surface area contributed by atoms with Gasteiger partial charge in [0.05, 0.1) is 44.5 Å². The van der Waals surface area contributed by atoms with Gasteiger partial charge in [-0.25, -0.2) is 13.2 Å². The van der Waals surface area contributed by atoms with E-state index in [9.17, 15) is 18.0 Å². The molecule has 1 N–H and O–H groups in total. The summed E-state index contributed by atoms with van der Waals surface area (Å²) in [5.41, 5.74) is 1.53. The van der Waals surface area contributed by atoms with Crippen molar-refractivity contribution in [3.05, 3.63) is 47.5 Å². The molecule has 0 bridgehead atoms. The molecule has 174 valence electrons. The molecule has 0 aliphatic heterocycles. The maximum atomic E-state index is 12.8. The van der Waals surface area contributed by atoms with E-state index in [1.165, 1.54) is 33.5 Å². The Bertz CT molecular complexity index is 1080. The van der Waals surface area contributed by atoms with Gasteiger partial charge in [0.1, 0.15) is 6.54 Å². The fraction of sp³-hybridized carbons (Fsp3) is 0.364. The number of amides is 1. The van der Waals surface area contributed by atoms with Crippen molar-refractivity contribution in [1.82, 2.24) is 0 Å². The molecule has 1 amide bonds. The van der Waals surface area contributed by atoms with Crippen molar-refractivity contribution < 1.29 is 32.2 Å². The molecular formula is C22H28N2O7S. The van der Waals surface area contributed by atoms with Crippen molar-refractivity contribution in [2.75, 3.05) is 43.8 Å². The second-order valence-electron chi connectivity index (χ2n) is 7.31. The van der Waals surface area contributed by atoms with Crippen LogP contribution in [0.1, 0.15) is 35.7 Å². The number of carbonyl (C=O) groups excluding carboxylic acids is 2. The van der Waals surface area contributed by atoms with E-state index in [0.717, 1.165) is 16.1 Å². The van der Waals surface area contributed by atoms with Crippen LogP contribution >= 0.6 is 0 Å². The first-order valence-corrected chi connectivity index (χ1v) is 11.6. The first kappa shape index (κ1) is 25.0. The zero-order valence-corrected chi connectivity index (χ0v) is 19.8. The minimum absolute atomic E-state index is 0.0330. The van der Waals surface area contributed by atoms with Crippen LogP contribution in [0, 0.1) is 0 Å². The number of sulfonamides is 1. The van der Waals surface area contributed by atoms with Crippen LogP contribution < -0.4 is 19.1 Å². The third kappa shape index (κ3) is 5.91. The lowest BCUT2D eigenvalue weighted by Crippen LogP contribution is -2.37. The topological polar surface area (TPSA) is 111 Å². The highest BCUT2D eigenvalue weighted by molar-refractivity contribution is 7.92. The summed E-state index contributed by atoms with van der Waals surface area (Å²) in [6.45, 7) is 3.56. The number of hydrogen-bond donors (Lipinski definition) is 1. The number of hydrogen-bond acceptors (Lipinski definition) is 7. The van der Waals surface area contributed by atoms with Crippen LogP contribution in [0.15, 0.2) is 36.4 Å². The number of benzene rings is 2. The molecule has 0 fully saturated rings. The third-order valence-electron chi connectivity index (χ3n) is 4.74. The number of methoxy groups -OCH3 is 3. The first-order valence-electron chi connectivity index (χ1n) is 9.73. The van der Waals surface area contributed by atoms with Gasteiger partial charge < -0.3 is 19.5 Å². The molecular weight excluding hydrogens is 436 g/mol.